The number of nitrogens with zero attached hydrogens (tertiary/aromatic N) is 3. The summed E-state index contributed by atoms with van der Waals surface area (Å²) in [6.45, 7) is 6.84. The van der Waals surface area contributed by atoms with Gasteiger partial charge in [-0.3, -0.25) is 9.69 Å². The molecule has 0 radical (unpaired) electrons. The molecule has 1 unspecified atom stereocenters. The summed E-state index contributed by atoms with van der Waals surface area (Å²) in [6, 6.07) is 13.1. The van der Waals surface area contributed by atoms with E-state index < -0.39 is 0 Å². The van der Waals surface area contributed by atoms with Gasteiger partial charge in [0.1, 0.15) is 11.9 Å². The van der Waals surface area contributed by atoms with E-state index in [0.717, 1.165) is 61.7 Å². The molecule has 2 aromatic carbocycles. The van der Waals surface area contributed by atoms with Gasteiger partial charge in [0, 0.05) is 42.6 Å². The van der Waals surface area contributed by atoms with Crippen molar-refractivity contribution in [2.24, 2.45) is 0 Å². The van der Waals surface area contributed by atoms with Gasteiger partial charge >= 0.3 is 0 Å². The molecule has 2 heterocycles. The third kappa shape index (κ3) is 5.69. The molecule has 1 saturated heterocycles. The molecule has 0 spiro atoms. The van der Waals surface area contributed by atoms with Gasteiger partial charge in [0.15, 0.2) is 0 Å². The third-order valence-electron chi connectivity index (χ3n) is 6.07. The Labute approximate surface area is 204 Å². The van der Waals surface area contributed by atoms with E-state index in [2.05, 4.69) is 21.7 Å². The Morgan fingerprint density at radius 1 is 1.12 bits per heavy atom. The SMILES string of the molecule is CCCC(C(=O)NCCN1CCOCC1)n1c(Cc2c(Cl)cccc2Cl)nc2ccccc21. The van der Waals surface area contributed by atoms with E-state index >= 15 is 0 Å². The number of ether oxygens (including phenoxy) is 1. The van der Waals surface area contributed by atoms with Gasteiger partial charge in [-0.1, -0.05) is 54.7 Å². The number of carbonyl (C=O) groups is 1. The highest BCUT2D eigenvalue weighted by molar-refractivity contribution is 6.36. The van der Waals surface area contributed by atoms with Crippen LogP contribution in [0.1, 0.15) is 37.2 Å². The molecule has 33 heavy (non-hydrogen) atoms. The lowest BCUT2D eigenvalue weighted by Gasteiger charge is -2.27. The monoisotopic (exact) mass is 488 g/mol. The Kier molecular flexibility index (Phi) is 8.25. The van der Waals surface area contributed by atoms with Gasteiger partial charge in [-0.15, -0.1) is 0 Å². The van der Waals surface area contributed by atoms with E-state index in [9.17, 15) is 4.79 Å². The number of hydrogen-bond acceptors (Lipinski definition) is 4. The lowest BCUT2D eigenvalue weighted by atomic mass is 10.1. The molecular weight excluding hydrogens is 459 g/mol. The third-order valence-corrected chi connectivity index (χ3v) is 6.78. The van der Waals surface area contributed by atoms with Crippen molar-refractivity contribution in [2.45, 2.75) is 32.2 Å². The number of rotatable bonds is 9. The quantitative estimate of drug-likeness (QED) is 0.473. The van der Waals surface area contributed by atoms with E-state index in [1.165, 1.54) is 0 Å². The summed E-state index contributed by atoms with van der Waals surface area (Å²) in [6.07, 6.45) is 2.04. The van der Waals surface area contributed by atoms with Crippen LogP contribution in [0.3, 0.4) is 0 Å². The zero-order chi connectivity index (χ0) is 23.2. The van der Waals surface area contributed by atoms with Gasteiger partial charge in [-0.2, -0.15) is 0 Å². The largest absolute Gasteiger partial charge is 0.379 e. The Balaban J connectivity index is 1.61. The number of halogens is 2. The van der Waals surface area contributed by atoms with Crippen LogP contribution in [0.4, 0.5) is 0 Å². The van der Waals surface area contributed by atoms with Crippen LogP contribution in [0.15, 0.2) is 42.5 Å². The number of aromatic nitrogens is 2. The first-order valence-corrected chi connectivity index (χ1v) is 12.3. The van der Waals surface area contributed by atoms with Crippen molar-refractivity contribution in [3.05, 3.63) is 63.9 Å². The van der Waals surface area contributed by atoms with Crippen molar-refractivity contribution in [2.75, 3.05) is 39.4 Å². The summed E-state index contributed by atoms with van der Waals surface area (Å²) in [5.74, 6) is 0.799. The summed E-state index contributed by atoms with van der Waals surface area (Å²) < 4.78 is 7.48. The van der Waals surface area contributed by atoms with Gasteiger partial charge in [0.2, 0.25) is 5.91 Å². The van der Waals surface area contributed by atoms with Crippen molar-refractivity contribution < 1.29 is 9.53 Å². The number of para-hydroxylation sites is 2. The van der Waals surface area contributed by atoms with Gasteiger partial charge in [0.05, 0.1) is 24.2 Å². The fourth-order valence-corrected chi connectivity index (χ4v) is 4.89. The highest BCUT2D eigenvalue weighted by Crippen LogP contribution is 2.30. The first-order valence-electron chi connectivity index (χ1n) is 11.5. The maximum atomic E-state index is 13.4. The molecule has 1 aromatic heterocycles. The fourth-order valence-electron chi connectivity index (χ4n) is 4.36. The summed E-state index contributed by atoms with van der Waals surface area (Å²) in [7, 11) is 0. The number of fused-ring (bicyclic) bond motifs is 1. The highest BCUT2D eigenvalue weighted by atomic mass is 35.5. The van der Waals surface area contributed by atoms with E-state index in [-0.39, 0.29) is 11.9 Å². The van der Waals surface area contributed by atoms with E-state index in [1.54, 1.807) is 0 Å². The standard InChI is InChI=1S/C25H30Cl2N4O2/c1-2-6-23(25(32)28-11-12-30-13-15-33-16-14-30)31-22-10-4-3-9-21(22)29-24(31)17-18-19(26)7-5-8-20(18)27/h3-5,7-10,23H,2,6,11-17H2,1H3,(H,28,32). The number of imidazole rings is 1. The Bertz CT molecular complexity index is 1070. The first-order chi connectivity index (χ1) is 16.1. The second-order valence-corrected chi connectivity index (χ2v) is 9.13. The number of benzene rings is 2. The van der Waals surface area contributed by atoms with Gasteiger partial charge < -0.3 is 14.6 Å². The summed E-state index contributed by atoms with van der Waals surface area (Å²) in [4.78, 5) is 20.6. The summed E-state index contributed by atoms with van der Waals surface area (Å²) >= 11 is 12.9. The first kappa shape index (κ1) is 24.0. The topological polar surface area (TPSA) is 59.4 Å². The van der Waals surface area contributed by atoms with Gasteiger partial charge in [-0.25, -0.2) is 4.98 Å². The van der Waals surface area contributed by atoms with Crippen LogP contribution >= 0.6 is 23.2 Å². The number of amides is 1. The van der Waals surface area contributed by atoms with Gasteiger partial charge in [0.25, 0.3) is 0 Å². The average Bonchev–Trinajstić information content (AvgIpc) is 3.18. The van der Waals surface area contributed by atoms with Crippen molar-refractivity contribution >= 4 is 40.1 Å². The minimum Gasteiger partial charge on any atom is -0.379 e. The molecule has 8 heteroatoms. The molecule has 1 aliphatic heterocycles. The summed E-state index contributed by atoms with van der Waals surface area (Å²) in [5.41, 5.74) is 2.62. The molecule has 1 atom stereocenters. The Morgan fingerprint density at radius 2 is 1.85 bits per heavy atom. The van der Waals surface area contributed by atoms with Crippen LogP contribution in [0.2, 0.25) is 10.0 Å². The second-order valence-electron chi connectivity index (χ2n) is 8.31. The van der Waals surface area contributed by atoms with Crippen molar-refractivity contribution in [3.63, 3.8) is 0 Å². The second kappa shape index (κ2) is 11.3. The predicted octanol–water partition coefficient (Wildman–Crippen LogP) is 4.72. The zero-order valence-corrected chi connectivity index (χ0v) is 20.4. The molecular formula is C25H30Cl2N4O2. The van der Waals surface area contributed by atoms with Crippen LogP contribution in [-0.4, -0.2) is 59.8 Å². The van der Waals surface area contributed by atoms with E-state index in [4.69, 9.17) is 32.9 Å². The number of hydrogen-bond donors (Lipinski definition) is 1. The highest BCUT2D eigenvalue weighted by Gasteiger charge is 2.26. The van der Waals surface area contributed by atoms with Crippen molar-refractivity contribution in [1.29, 1.82) is 0 Å². The Hall–Kier alpha value is -2.12. The zero-order valence-electron chi connectivity index (χ0n) is 18.9. The van der Waals surface area contributed by atoms with Crippen LogP contribution in [0, 0.1) is 0 Å². The molecule has 176 valence electrons. The van der Waals surface area contributed by atoms with Crippen LogP contribution < -0.4 is 5.32 Å². The maximum Gasteiger partial charge on any atom is 0.243 e. The molecule has 3 aromatic rings. The summed E-state index contributed by atoms with van der Waals surface area (Å²) in [5, 5.41) is 4.36. The predicted molar refractivity (Wildman–Crippen MR) is 133 cm³/mol. The van der Waals surface area contributed by atoms with Crippen molar-refractivity contribution in [3.8, 4) is 0 Å². The van der Waals surface area contributed by atoms with Crippen molar-refractivity contribution in [1.82, 2.24) is 19.8 Å². The van der Waals surface area contributed by atoms with E-state index in [0.29, 0.717) is 29.4 Å². The lowest BCUT2D eigenvalue weighted by molar-refractivity contribution is -0.124. The minimum atomic E-state index is -0.358. The normalized spacial score (nSPS) is 15.6. The molecule has 6 nitrogen and oxygen atoms in total. The Morgan fingerprint density at radius 3 is 2.58 bits per heavy atom. The van der Waals surface area contributed by atoms with Crippen LogP contribution in [-0.2, 0) is 16.0 Å². The molecule has 1 aliphatic rings. The van der Waals surface area contributed by atoms with E-state index in [1.807, 2.05) is 42.5 Å². The molecule has 1 N–H and O–H groups in total. The molecule has 1 fully saturated rings. The van der Waals surface area contributed by atoms with Crippen LogP contribution in [0.25, 0.3) is 11.0 Å². The molecule has 1 amide bonds. The number of nitrogens with one attached hydrogen (secondary N) is 1. The smallest absolute Gasteiger partial charge is 0.243 e. The van der Waals surface area contributed by atoms with Gasteiger partial charge in [-0.05, 0) is 36.2 Å². The molecule has 4 rings (SSSR count). The number of morpholine rings is 1. The molecule has 0 saturated carbocycles. The fraction of sp³-hybridized carbons (Fsp3) is 0.440. The molecule has 0 bridgehead atoms. The van der Waals surface area contributed by atoms with Crippen LogP contribution in [0.5, 0.6) is 0 Å². The average molecular weight is 489 g/mol. The minimum absolute atomic E-state index is 0.0137. The lowest BCUT2D eigenvalue weighted by Crippen LogP contribution is -2.42. The number of carbonyl (C=O) groups excluding carboxylic acids is 1. The maximum absolute atomic E-state index is 13.4. The molecule has 0 aliphatic carbocycles.